The third-order valence-corrected chi connectivity index (χ3v) is 6.51. The van der Waals surface area contributed by atoms with E-state index in [0.717, 1.165) is 10.9 Å². The Morgan fingerprint density at radius 1 is 1.12 bits per heavy atom. The molecule has 8 nitrogen and oxygen atoms in total. The number of aryl methyl sites for hydroxylation is 1. The van der Waals surface area contributed by atoms with Gasteiger partial charge >= 0.3 is 6.18 Å². The molecule has 3 aromatic heterocycles. The van der Waals surface area contributed by atoms with E-state index in [1.807, 2.05) is 0 Å². The van der Waals surface area contributed by atoms with E-state index in [4.69, 9.17) is 0 Å². The molecular weight excluding hydrogens is 459 g/mol. The third kappa shape index (κ3) is 4.10. The molecule has 0 bridgehead atoms. The number of hydrogen-bond acceptors (Lipinski definition) is 6. The van der Waals surface area contributed by atoms with E-state index in [1.165, 1.54) is 35.8 Å². The number of carbonyl (C=O) groups is 1. The molecule has 1 aliphatic heterocycles. The van der Waals surface area contributed by atoms with Crippen molar-refractivity contribution in [2.24, 2.45) is 0 Å². The van der Waals surface area contributed by atoms with Crippen molar-refractivity contribution >= 4 is 21.4 Å². The minimum atomic E-state index is -4.45. The van der Waals surface area contributed by atoms with Crippen LogP contribution < -0.4 is 4.90 Å². The molecule has 0 fully saturated rings. The van der Waals surface area contributed by atoms with Crippen LogP contribution in [0.3, 0.4) is 0 Å². The normalized spacial score (nSPS) is 15.7. The van der Waals surface area contributed by atoms with Crippen LogP contribution in [0, 0.1) is 6.92 Å². The van der Waals surface area contributed by atoms with Gasteiger partial charge in [0.1, 0.15) is 6.54 Å². The van der Waals surface area contributed by atoms with Crippen molar-refractivity contribution in [1.82, 2.24) is 19.7 Å². The first-order valence-electron chi connectivity index (χ1n) is 9.80. The molecule has 0 saturated heterocycles. The van der Waals surface area contributed by atoms with E-state index >= 15 is 0 Å². The van der Waals surface area contributed by atoms with Crippen molar-refractivity contribution in [2.45, 2.75) is 43.9 Å². The number of rotatable bonds is 4. The van der Waals surface area contributed by atoms with Crippen molar-refractivity contribution in [3.05, 3.63) is 53.7 Å². The van der Waals surface area contributed by atoms with Crippen LogP contribution in [0.25, 0.3) is 11.3 Å². The summed E-state index contributed by atoms with van der Waals surface area (Å²) in [6.07, 6.45) is 1.74. The molecule has 0 radical (unpaired) electrons. The SMILES string of the molecule is Cc1cc(-c2cncc(S(C)(=O)=O)c2)nc2c1C(=O)N(c1cnn(CC(F)(F)F)c1)C2(C)C. The van der Waals surface area contributed by atoms with Crippen molar-refractivity contribution in [1.29, 1.82) is 0 Å². The summed E-state index contributed by atoms with van der Waals surface area (Å²) in [6.45, 7) is 3.92. The molecule has 33 heavy (non-hydrogen) atoms. The first kappa shape index (κ1) is 22.9. The zero-order valence-corrected chi connectivity index (χ0v) is 19.0. The van der Waals surface area contributed by atoms with E-state index in [9.17, 15) is 26.4 Å². The van der Waals surface area contributed by atoms with Gasteiger partial charge in [0.15, 0.2) is 9.84 Å². The highest BCUT2D eigenvalue weighted by Crippen LogP contribution is 2.43. The fourth-order valence-electron chi connectivity index (χ4n) is 3.94. The number of halogens is 3. The number of hydrogen-bond donors (Lipinski definition) is 0. The van der Waals surface area contributed by atoms with Gasteiger partial charge in [-0.25, -0.2) is 13.4 Å². The summed E-state index contributed by atoms with van der Waals surface area (Å²) in [4.78, 5) is 23.3. The van der Waals surface area contributed by atoms with Gasteiger partial charge < -0.3 is 0 Å². The molecule has 12 heteroatoms. The number of fused-ring (bicyclic) bond motifs is 1. The molecule has 0 atom stereocenters. The molecule has 0 aliphatic carbocycles. The maximum Gasteiger partial charge on any atom is 0.408 e. The topological polar surface area (TPSA) is 98.1 Å². The number of nitrogens with zero attached hydrogens (tertiary/aromatic N) is 5. The van der Waals surface area contributed by atoms with Crippen molar-refractivity contribution < 1.29 is 26.4 Å². The Kier molecular flexibility index (Phi) is 5.11. The van der Waals surface area contributed by atoms with E-state index in [1.54, 1.807) is 26.8 Å². The maximum absolute atomic E-state index is 13.3. The Hall–Kier alpha value is -3.28. The lowest BCUT2D eigenvalue weighted by Crippen LogP contribution is -2.39. The Morgan fingerprint density at radius 3 is 2.45 bits per heavy atom. The quantitative estimate of drug-likeness (QED) is 0.568. The number of amides is 1. The van der Waals surface area contributed by atoms with Gasteiger partial charge in [0.2, 0.25) is 0 Å². The van der Waals surface area contributed by atoms with Gasteiger partial charge in [-0.15, -0.1) is 0 Å². The standard InChI is InChI=1S/C21H20F3N5O3S/c1-12-5-16(13-6-15(9-25-7-13)33(4,31)32)27-18-17(12)19(30)29(20(18,2)3)14-8-26-28(10-14)11-21(22,23)24/h5-10H,11H2,1-4H3. The van der Waals surface area contributed by atoms with Crippen LogP contribution >= 0.6 is 0 Å². The van der Waals surface area contributed by atoms with E-state index in [-0.39, 0.29) is 10.6 Å². The average Bonchev–Trinajstić information content (AvgIpc) is 3.19. The summed E-state index contributed by atoms with van der Waals surface area (Å²) in [5.74, 6) is -0.402. The van der Waals surface area contributed by atoms with Crippen molar-refractivity contribution in [3.63, 3.8) is 0 Å². The van der Waals surface area contributed by atoms with Gasteiger partial charge in [-0.1, -0.05) is 0 Å². The van der Waals surface area contributed by atoms with Gasteiger partial charge in [0, 0.05) is 30.4 Å². The van der Waals surface area contributed by atoms with Gasteiger partial charge in [-0.05, 0) is 38.5 Å². The van der Waals surface area contributed by atoms with Crippen LogP contribution in [0.1, 0.15) is 35.5 Å². The van der Waals surface area contributed by atoms with E-state index in [2.05, 4.69) is 15.1 Å². The lowest BCUT2D eigenvalue weighted by molar-refractivity contribution is -0.142. The van der Waals surface area contributed by atoms with Crippen LogP contribution in [-0.4, -0.2) is 46.5 Å². The Labute approximate surface area is 188 Å². The number of aromatic nitrogens is 4. The van der Waals surface area contributed by atoms with Gasteiger partial charge in [0.05, 0.1) is 39.3 Å². The predicted octanol–water partition coefficient (Wildman–Crippen LogP) is 3.51. The van der Waals surface area contributed by atoms with Crippen molar-refractivity contribution in [3.8, 4) is 11.3 Å². The molecular formula is C21H20F3N5O3S. The minimum Gasteiger partial charge on any atom is -0.294 e. The largest absolute Gasteiger partial charge is 0.408 e. The molecule has 174 valence electrons. The lowest BCUT2D eigenvalue weighted by atomic mass is 9.96. The van der Waals surface area contributed by atoms with E-state index in [0.29, 0.717) is 28.1 Å². The van der Waals surface area contributed by atoms with Crippen LogP contribution in [0.5, 0.6) is 0 Å². The second-order valence-corrected chi connectivity index (χ2v) is 10.5. The summed E-state index contributed by atoms with van der Waals surface area (Å²) >= 11 is 0. The van der Waals surface area contributed by atoms with Gasteiger partial charge in [0.25, 0.3) is 5.91 Å². The second-order valence-electron chi connectivity index (χ2n) is 8.44. The molecule has 0 unspecified atom stereocenters. The molecule has 0 saturated carbocycles. The monoisotopic (exact) mass is 479 g/mol. The number of carbonyl (C=O) groups excluding carboxylic acids is 1. The number of sulfone groups is 1. The average molecular weight is 479 g/mol. The van der Waals surface area contributed by atoms with Crippen LogP contribution in [0.2, 0.25) is 0 Å². The first-order chi connectivity index (χ1) is 15.2. The van der Waals surface area contributed by atoms with Crippen LogP contribution in [0.4, 0.5) is 18.9 Å². The zero-order valence-electron chi connectivity index (χ0n) is 18.2. The predicted molar refractivity (Wildman–Crippen MR) is 113 cm³/mol. The molecule has 1 aliphatic rings. The molecule has 0 aromatic carbocycles. The molecule has 4 rings (SSSR count). The van der Waals surface area contributed by atoms with Crippen LogP contribution in [0.15, 0.2) is 41.8 Å². The Balaban J connectivity index is 1.79. The fraction of sp³-hybridized carbons (Fsp3) is 0.333. The van der Waals surface area contributed by atoms with E-state index < -0.39 is 34.0 Å². The first-order valence-corrected chi connectivity index (χ1v) is 11.7. The number of alkyl halides is 3. The lowest BCUT2D eigenvalue weighted by Gasteiger charge is -2.30. The summed E-state index contributed by atoms with van der Waals surface area (Å²) < 4.78 is 62.8. The van der Waals surface area contributed by atoms with Gasteiger partial charge in [-0.3, -0.25) is 19.4 Å². The Morgan fingerprint density at radius 2 is 1.82 bits per heavy atom. The Bertz CT molecular complexity index is 1380. The van der Waals surface area contributed by atoms with Crippen LogP contribution in [-0.2, 0) is 21.9 Å². The summed E-state index contributed by atoms with van der Waals surface area (Å²) in [7, 11) is -3.48. The number of anilines is 1. The third-order valence-electron chi connectivity index (χ3n) is 5.43. The highest BCUT2D eigenvalue weighted by molar-refractivity contribution is 7.90. The second kappa shape index (κ2) is 7.37. The molecule has 3 aromatic rings. The maximum atomic E-state index is 13.3. The smallest absolute Gasteiger partial charge is 0.294 e. The minimum absolute atomic E-state index is 0.0361. The highest BCUT2D eigenvalue weighted by atomic mass is 32.2. The highest BCUT2D eigenvalue weighted by Gasteiger charge is 2.47. The number of pyridine rings is 2. The summed E-state index contributed by atoms with van der Waals surface area (Å²) in [6, 6.07) is 3.12. The summed E-state index contributed by atoms with van der Waals surface area (Å²) in [5, 5.41) is 3.75. The molecule has 0 spiro atoms. The molecule has 0 N–H and O–H groups in total. The fourth-order valence-corrected chi connectivity index (χ4v) is 4.54. The summed E-state index contributed by atoms with van der Waals surface area (Å²) in [5.41, 5.74) is 1.48. The molecule has 4 heterocycles. The zero-order chi connectivity index (χ0) is 24.3. The van der Waals surface area contributed by atoms with Gasteiger partial charge in [-0.2, -0.15) is 18.3 Å². The molecule has 1 amide bonds. The van der Waals surface area contributed by atoms with Crippen molar-refractivity contribution in [2.75, 3.05) is 11.2 Å².